The summed E-state index contributed by atoms with van der Waals surface area (Å²) in [6.45, 7) is 1.04. The molecule has 0 spiro atoms. The largest absolute Gasteiger partial charge is 0.497 e. The molecule has 0 radical (unpaired) electrons. The van der Waals surface area contributed by atoms with Gasteiger partial charge in [-0.25, -0.2) is 9.78 Å². The molecule has 0 unspecified atom stereocenters. The first kappa shape index (κ1) is 29.7. The number of fused-ring (bicyclic) bond motifs is 1. The number of hydrogen-bond donors (Lipinski definition) is 4. The van der Waals surface area contributed by atoms with Crippen LogP contribution in [0.4, 0.5) is 27.9 Å². The Morgan fingerprint density at radius 1 is 1.20 bits per heavy atom. The number of ether oxygens (including phenoxy) is 1. The predicted octanol–water partition coefficient (Wildman–Crippen LogP) is 3.65. The van der Waals surface area contributed by atoms with Crippen molar-refractivity contribution >= 4 is 46.5 Å². The van der Waals surface area contributed by atoms with Gasteiger partial charge in [-0.05, 0) is 49.1 Å². The number of methoxy groups -OCH3 is 1. The van der Waals surface area contributed by atoms with Crippen molar-refractivity contribution in [2.75, 3.05) is 35.3 Å². The monoisotopic (exact) mass is 628 g/mol. The minimum Gasteiger partial charge on any atom is -0.497 e. The number of anilines is 4. The molecule has 2 aromatic carbocycles. The summed E-state index contributed by atoms with van der Waals surface area (Å²) in [6, 6.07) is 14.8. The van der Waals surface area contributed by atoms with Crippen LogP contribution in [-0.4, -0.2) is 74.3 Å². The zero-order valence-electron chi connectivity index (χ0n) is 24.2. The summed E-state index contributed by atoms with van der Waals surface area (Å²) in [4.78, 5) is 24.4. The van der Waals surface area contributed by atoms with E-state index >= 15 is 0 Å². The Morgan fingerprint density at radius 2 is 1.98 bits per heavy atom. The van der Waals surface area contributed by atoms with Crippen molar-refractivity contribution in [3.8, 4) is 17.9 Å². The average molecular weight is 629 g/mol. The van der Waals surface area contributed by atoms with Gasteiger partial charge in [0.15, 0.2) is 17.2 Å². The third kappa shape index (κ3) is 6.20. The van der Waals surface area contributed by atoms with Crippen LogP contribution in [0.1, 0.15) is 36.1 Å². The number of piperidine rings is 1. The molecule has 1 aliphatic heterocycles. The van der Waals surface area contributed by atoms with Crippen LogP contribution in [0.5, 0.6) is 5.75 Å². The van der Waals surface area contributed by atoms with Crippen molar-refractivity contribution in [1.82, 2.24) is 24.9 Å². The third-order valence-corrected chi connectivity index (χ3v) is 8.29. The highest BCUT2D eigenvalue weighted by atomic mass is 35.5. The van der Waals surface area contributed by atoms with Gasteiger partial charge < -0.3 is 35.4 Å². The minimum absolute atomic E-state index is 0.105. The second-order valence-electron chi connectivity index (χ2n) is 10.9. The zero-order chi connectivity index (χ0) is 31.7. The minimum atomic E-state index is -1.21. The molecule has 3 heterocycles. The Kier molecular flexibility index (Phi) is 8.17. The SMILES string of the molecule is COc1ccc(CN(c2nc(Nc3cc(C#N)cc(N4CC[C@@H](NC(=O)O)[C@H](O)C4)c3Cl)nn3c(C#N)cnc23)C2CC2)cc1. The number of β-amino-alcohol motifs (C(OH)–C–C–N with tert-alkyl or cyclic N) is 1. The van der Waals surface area contributed by atoms with Gasteiger partial charge in [0, 0.05) is 25.7 Å². The van der Waals surface area contributed by atoms with Crippen molar-refractivity contribution < 1.29 is 19.7 Å². The Labute approximate surface area is 263 Å². The average Bonchev–Trinajstić information content (AvgIpc) is 3.80. The normalized spacial score (nSPS) is 17.8. The number of halogens is 1. The van der Waals surface area contributed by atoms with E-state index in [9.17, 15) is 20.4 Å². The maximum atomic E-state index is 11.1. The maximum Gasteiger partial charge on any atom is 0.404 e. The van der Waals surface area contributed by atoms with E-state index in [1.165, 1.54) is 10.7 Å². The van der Waals surface area contributed by atoms with Gasteiger partial charge in [-0.3, -0.25) is 0 Å². The van der Waals surface area contributed by atoms with E-state index in [1.54, 1.807) is 19.2 Å². The molecule has 2 aliphatic rings. The smallest absolute Gasteiger partial charge is 0.404 e. The number of benzene rings is 2. The highest BCUT2D eigenvalue weighted by Crippen LogP contribution is 2.38. The molecule has 230 valence electrons. The van der Waals surface area contributed by atoms with Crippen molar-refractivity contribution in [1.29, 1.82) is 10.5 Å². The molecule has 4 aromatic rings. The molecule has 45 heavy (non-hydrogen) atoms. The first-order valence-electron chi connectivity index (χ1n) is 14.3. The summed E-state index contributed by atoms with van der Waals surface area (Å²) >= 11 is 6.89. The van der Waals surface area contributed by atoms with E-state index < -0.39 is 18.2 Å². The lowest BCUT2D eigenvalue weighted by atomic mass is 10.0. The van der Waals surface area contributed by atoms with E-state index in [0.29, 0.717) is 47.9 Å². The number of amides is 1. The fourth-order valence-electron chi connectivity index (χ4n) is 5.47. The summed E-state index contributed by atoms with van der Waals surface area (Å²) in [5, 5.41) is 49.6. The molecule has 1 aliphatic carbocycles. The molecule has 0 bridgehead atoms. The number of imidazole rings is 1. The molecule has 1 amide bonds. The Bertz CT molecular complexity index is 1830. The van der Waals surface area contributed by atoms with Crippen LogP contribution < -0.4 is 25.2 Å². The van der Waals surface area contributed by atoms with Gasteiger partial charge in [0.25, 0.3) is 0 Å². The van der Waals surface area contributed by atoms with Crippen molar-refractivity contribution in [2.24, 2.45) is 0 Å². The summed E-state index contributed by atoms with van der Waals surface area (Å²) in [5.41, 5.74) is 2.84. The number of aliphatic hydroxyl groups excluding tert-OH is 1. The van der Waals surface area contributed by atoms with E-state index in [4.69, 9.17) is 26.4 Å². The molecule has 2 aromatic heterocycles. The van der Waals surface area contributed by atoms with Crippen LogP contribution in [0.2, 0.25) is 5.02 Å². The molecule has 1 saturated carbocycles. The molecular weight excluding hydrogens is 600 g/mol. The molecule has 1 saturated heterocycles. The lowest BCUT2D eigenvalue weighted by molar-refractivity contribution is 0.108. The number of hydrogen-bond acceptors (Lipinski definition) is 11. The zero-order valence-corrected chi connectivity index (χ0v) is 24.9. The van der Waals surface area contributed by atoms with E-state index in [1.807, 2.05) is 29.2 Å². The molecule has 2 atom stereocenters. The first-order chi connectivity index (χ1) is 21.8. The summed E-state index contributed by atoms with van der Waals surface area (Å²) in [5.74, 6) is 1.43. The van der Waals surface area contributed by atoms with Gasteiger partial charge in [0.1, 0.15) is 11.8 Å². The number of carboxylic acid groups (broad SMARTS) is 1. The van der Waals surface area contributed by atoms with Gasteiger partial charge in [-0.1, -0.05) is 23.7 Å². The van der Waals surface area contributed by atoms with Gasteiger partial charge in [0.05, 0.1) is 53.5 Å². The van der Waals surface area contributed by atoms with Crippen LogP contribution in [-0.2, 0) is 6.54 Å². The van der Waals surface area contributed by atoms with Gasteiger partial charge in [-0.2, -0.15) is 20.0 Å². The Morgan fingerprint density at radius 3 is 2.62 bits per heavy atom. The lowest BCUT2D eigenvalue weighted by Gasteiger charge is -2.37. The predicted molar refractivity (Wildman–Crippen MR) is 165 cm³/mol. The van der Waals surface area contributed by atoms with Crippen molar-refractivity contribution in [3.05, 3.63) is 64.4 Å². The topological polar surface area (TPSA) is 188 Å². The molecule has 15 heteroatoms. The highest BCUT2D eigenvalue weighted by molar-refractivity contribution is 6.36. The van der Waals surface area contributed by atoms with Gasteiger partial charge in [-0.15, -0.1) is 5.10 Å². The number of aliphatic hydroxyl groups is 1. The number of nitriles is 2. The number of nitrogens with zero attached hydrogens (tertiary/aromatic N) is 8. The number of aromatic nitrogens is 4. The number of rotatable bonds is 9. The molecule has 4 N–H and O–H groups in total. The number of carbonyl (C=O) groups is 1. The number of nitrogens with one attached hydrogen (secondary N) is 2. The van der Waals surface area contributed by atoms with E-state index in [2.05, 4.69) is 37.8 Å². The molecule has 14 nitrogen and oxygen atoms in total. The highest BCUT2D eigenvalue weighted by Gasteiger charge is 2.33. The molecular formula is C30H29ClN10O4. The van der Waals surface area contributed by atoms with Crippen LogP contribution >= 0.6 is 11.6 Å². The van der Waals surface area contributed by atoms with Crippen molar-refractivity contribution in [3.63, 3.8) is 0 Å². The maximum absolute atomic E-state index is 11.1. The molecule has 6 rings (SSSR count). The standard InChI is InChI=1S/C30H29ClN10O4/c1-45-21-6-2-17(3-7-21)15-40(19-4-5-19)28-27-34-14-20(13-33)41(27)38-29(37-28)35-23-10-18(12-32)11-24(26(23)31)39-9-8-22(25(42)16-39)36-30(43)44/h2-3,6-7,10-11,14,19,22,25,36,42H,4-5,8-9,15-16H2,1H3,(H,35,38)(H,43,44)/t22-,25-/m1/s1. The lowest BCUT2D eigenvalue weighted by Crippen LogP contribution is -2.54. The fourth-order valence-corrected chi connectivity index (χ4v) is 5.75. The first-order valence-corrected chi connectivity index (χ1v) is 14.6. The summed E-state index contributed by atoms with van der Waals surface area (Å²) < 4.78 is 6.74. The summed E-state index contributed by atoms with van der Waals surface area (Å²) in [6.07, 6.45) is 1.56. The van der Waals surface area contributed by atoms with Crippen LogP contribution in [0, 0.1) is 22.7 Å². The van der Waals surface area contributed by atoms with E-state index in [-0.39, 0.29) is 29.3 Å². The van der Waals surface area contributed by atoms with Gasteiger partial charge in [0.2, 0.25) is 5.95 Å². The van der Waals surface area contributed by atoms with Gasteiger partial charge >= 0.3 is 6.09 Å². The van der Waals surface area contributed by atoms with Crippen LogP contribution in [0.25, 0.3) is 5.65 Å². The van der Waals surface area contributed by atoms with Crippen LogP contribution in [0.15, 0.2) is 42.6 Å². The summed E-state index contributed by atoms with van der Waals surface area (Å²) in [7, 11) is 1.62. The second kappa shape index (κ2) is 12.4. The Balaban J connectivity index is 1.36. The van der Waals surface area contributed by atoms with E-state index in [0.717, 1.165) is 24.2 Å². The van der Waals surface area contributed by atoms with Crippen molar-refractivity contribution in [2.45, 2.75) is 44.0 Å². The third-order valence-electron chi connectivity index (χ3n) is 7.89. The fraction of sp³-hybridized carbons (Fsp3) is 0.333. The van der Waals surface area contributed by atoms with Crippen LogP contribution in [0.3, 0.4) is 0 Å². The molecule has 2 fully saturated rings. The second-order valence-corrected chi connectivity index (χ2v) is 11.3. The Hall–Kier alpha value is -5.31. The quantitative estimate of drug-likeness (QED) is 0.211.